The molecule has 1 fully saturated rings. The van der Waals surface area contributed by atoms with Crippen LogP contribution in [0.4, 0.5) is 11.4 Å². The van der Waals surface area contributed by atoms with Crippen molar-refractivity contribution < 1.29 is 14.4 Å². The summed E-state index contributed by atoms with van der Waals surface area (Å²) in [7, 11) is 0. The summed E-state index contributed by atoms with van der Waals surface area (Å²) < 4.78 is 0. The molecule has 5 nitrogen and oxygen atoms in total. The highest BCUT2D eigenvalue weighted by atomic mass is 16.2. The Morgan fingerprint density at radius 2 is 1.77 bits per heavy atom. The second-order valence-corrected chi connectivity index (χ2v) is 6.75. The molecule has 1 aliphatic rings. The van der Waals surface area contributed by atoms with Gasteiger partial charge in [0.1, 0.15) is 0 Å². The van der Waals surface area contributed by atoms with Gasteiger partial charge in [-0.2, -0.15) is 0 Å². The Morgan fingerprint density at radius 1 is 1.08 bits per heavy atom. The lowest BCUT2D eigenvalue weighted by Crippen LogP contribution is -2.28. The number of hydrogen-bond acceptors (Lipinski definition) is 3. The molecule has 1 heterocycles. The van der Waals surface area contributed by atoms with Crippen LogP contribution < -0.4 is 10.2 Å². The van der Waals surface area contributed by atoms with Crippen LogP contribution in [0.3, 0.4) is 0 Å². The van der Waals surface area contributed by atoms with Crippen LogP contribution in [-0.4, -0.2) is 24.1 Å². The van der Waals surface area contributed by atoms with E-state index in [1.165, 1.54) is 6.92 Å². The number of nitrogens with one attached hydrogen (secondary N) is 1. The molecule has 26 heavy (non-hydrogen) atoms. The summed E-state index contributed by atoms with van der Waals surface area (Å²) in [5.41, 5.74) is 4.27. The number of anilines is 2. The predicted molar refractivity (Wildman–Crippen MR) is 101 cm³/mol. The quantitative estimate of drug-likeness (QED) is 0.858. The minimum Gasteiger partial charge on any atom is -0.326 e. The molecule has 0 radical (unpaired) electrons. The molecule has 2 aromatic carbocycles. The third-order valence-electron chi connectivity index (χ3n) is 4.92. The molecule has 1 N–H and O–H groups in total. The van der Waals surface area contributed by atoms with E-state index >= 15 is 0 Å². The fourth-order valence-electron chi connectivity index (χ4n) is 3.18. The number of carbonyl (C=O) groups excluding carboxylic acids is 3. The van der Waals surface area contributed by atoms with Crippen molar-refractivity contribution in [3.05, 3.63) is 59.2 Å². The molecule has 0 unspecified atom stereocenters. The third-order valence-corrected chi connectivity index (χ3v) is 4.92. The van der Waals surface area contributed by atoms with Crippen molar-refractivity contribution in [3.8, 4) is 0 Å². The lowest BCUT2D eigenvalue weighted by atomic mass is 10.1. The topological polar surface area (TPSA) is 66.5 Å². The Hall–Kier alpha value is -2.95. The molecule has 1 saturated heterocycles. The highest BCUT2D eigenvalue weighted by molar-refractivity contribution is 6.04. The molecule has 0 aliphatic carbocycles. The summed E-state index contributed by atoms with van der Waals surface area (Å²) in [6, 6.07) is 12.6. The number of nitrogens with zero attached hydrogens (tertiary/aromatic N) is 1. The molecule has 0 saturated carbocycles. The first kappa shape index (κ1) is 17.9. The summed E-state index contributed by atoms with van der Waals surface area (Å²) in [5.74, 6) is -0.629. The maximum atomic E-state index is 12.6. The van der Waals surface area contributed by atoms with Gasteiger partial charge in [0.05, 0.1) is 5.92 Å². The average Bonchev–Trinajstić information content (AvgIpc) is 2.99. The molecule has 0 spiro atoms. The number of amides is 2. The zero-order valence-corrected chi connectivity index (χ0v) is 15.2. The molecule has 134 valence electrons. The van der Waals surface area contributed by atoms with Crippen molar-refractivity contribution in [1.82, 2.24) is 0 Å². The highest BCUT2D eigenvalue weighted by Gasteiger charge is 2.35. The molecule has 2 aromatic rings. The summed E-state index contributed by atoms with van der Waals surface area (Å²) in [4.78, 5) is 38.0. The average molecular weight is 350 g/mol. The van der Waals surface area contributed by atoms with Crippen molar-refractivity contribution in [2.24, 2.45) is 5.92 Å². The van der Waals surface area contributed by atoms with Gasteiger partial charge < -0.3 is 10.2 Å². The summed E-state index contributed by atoms with van der Waals surface area (Å²) in [6.45, 7) is 5.87. The van der Waals surface area contributed by atoms with E-state index in [2.05, 4.69) is 5.32 Å². The number of aryl methyl sites for hydroxylation is 1. The van der Waals surface area contributed by atoms with E-state index < -0.39 is 5.92 Å². The third kappa shape index (κ3) is 3.52. The Bertz CT molecular complexity index is 871. The molecule has 3 rings (SSSR count). The first-order valence-corrected chi connectivity index (χ1v) is 8.65. The van der Waals surface area contributed by atoms with E-state index in [1.807, 2.05) is 32.0 Å². The fraction of sp³-hybridized carbons (Fsp3) is 0.286. The molecule has 2 amide bonds. The van der Waals surface area contributed by atoms with Crippen molar-refractivity contribution in [2.45, 2.75) is 27.2 Å². The van der Waals surface area contributed by atoms with Gasteiger partial charge in [0.25, 0.3) is 0 Å². The Labute approximate surface area is 153 Å². The van der Waals surface area contributed by atoms with Crippen LogP contribution in [0, 0.1) is 19.8 Å². The van der Waals surface area contributed by atoms with E-state index in [4.69, 9.17) is 0 Å². The first-order valence-electron chi connectivity index (χ1n) is 8.65. The first-order chi connectivity index (χ1) is 12.4. The molecule has 5 heteroatoms. The number of carbonyl (C=O) groups is 3. The normalized spacial score (nSPS) is 16.7. The summed E-state index contributed by atoms with van der Waals surface area (Å²) in [6.07, 6.45) is 0.199. The van der Waals surface area contributed by atoms with Gasteiger partial charge in [0, 0.05) is 29.9 Å². The number of ketones is 1. The molecule has 0 aromatic heterocycles. The molecule has 1 atom stereocenters. The summed E-state index contributed by atoms with van der Waals surface area (Å²) in [5, 5.41) is 2.84. The van der Waals surface area contributed by atoms with E-state index in [9.17, 15) is 14.4 Å². The second kappa shape index (κ2) is 7.12. The van der Waals surface area contributed by atoms with Crippen LogP contribution in [0.2, 0.25) is 0 Å². The largest absolute Gasteiger partial charge is 0.326 e. The van der Waals surface area contributed by atoms with Crippen LogP contribution in [0.5, 0.6) is 0 Å². The van der Waals surface area contributed by atoms with Gasteiger partial charge in [-0.05, 0) is 62.2 Å². The summed E-state index contributed by atoms with van der Waals surface area (Å²) >= 11 is 0. The fourth-order valence-corrected chi connectivity index (χ4v) is 3.18. The number of Topliss-reactive ketones (excluding diaryl/α,β-unsaturated/α-hetero) is 1. The van der Waals surface area contributed by atoms with Crippen LogP contribution in [0.25, 0.3) is 0 Å². The minimum atomic E-state index is -0.394. The number of rotatable bonds is 4. The van der Waals surface area contributed by atoms with E-state index in [0.29, 0.717) is 17.8 Å². The number of benzene rings is 2. The zero-order valence-electron chi connectivity index (χ0n) is 15.2. The van der Waals surface area contributed by atoms with E-state index in [-0.39, 0.29) is 24.0 Å². The maximum absolute atomic E-state index is 12.6. The SMILES string of the molecule is CC(=O)c1ccc(NC(=O)[C@@H]2CC(=O)N(c3cccc(C)c3C)C2)cc1. The molecular formula is C21H22N2O3. The van der Waals surface area contributed by atoms with Crippen LogP contribution in [0.15, 0.2) is 42.5 Å². The predicted octanol–water partition coefficient (Wildman–Crippen LogP) is 3.50. The van der Waals surface area contributed by atoms with Crippen LogP contribution >= 0.6 is 0 Å². The Balaban J connectivity index is 1.71. The Kier molecular flexibility index (Phi) is 4.89. The smallest absolute Gasteiger partial charge is 0.229 e. The highest BCUT2D eigenvalue weighted by Crippen LogP contribution is 2.30. The minimum absolute atomic E-state index is 0.0200. The van der Waals surface area contributed by atoms with Gasteiger partial charge in [-0.3, -0.25) is 14.4 Å². The van der Waals surface area contributed by atoms with E-state index in [0.717, 1.165) is 16.8 Å². The van der Waals surface area contributed by atoms with E-state index in [1.54, 1.807) is 29.2 Å². The Morgan fingerprint density at radius 3 is 2.42 bits per heavy atom. The van der Waals surface area contributed by atoms with Crippen molar-refractivity contribution in [1.29, 1.82) is 0 Å². The zero-order chi connectivity index (χ0) is 18.8. The molecule has 1 aliphatic heterocycles. The van der Waals surface area contributed by atoms with Crippen LogP contribution in [0.1, 0.15) is 34.8 Å². The lowest BCUT2D eigenvalue weighted by Gasteiger charge is -2.20. The number of hydrogen-bond donors (Lipinski definition) is 1. The van der Waals surface area contributed by atoms with Crippen molar-refractivity contribution in [3.63, 3.8) is 0 Å². The standard InChI is InChI=1S/C21H22N2O3/c1-13-5-4-6-19(14(13)2)23-12-17(11-20(23)25)21(26)22-18-9-7-16(8-10-18)15(3)24/h4-10,17H,11-12H2,1-3H3,(H,22,26)/t17-/m1/s1. The monoisotopic (exact) mass is 350 g/mol. The van der Waals surface area contributed by atoms with Crippen LogP contribution in [-0.2, 0) is 9.59 Å². The van der Waals surface area contributed by atoms with Gasteiger partial charge in [0.2, 0.25) is 11.8 Å². The second-order valence-electron chi connectivity index (χ2n) is 6.75. The maximum Gasteiger partial charge on any atom is 0.229 e. The van der Waals surface area contributed by atoms with Gasteiger partial charge in [0.15, 0.2) is 5.78 Å². The molecule has 0 bridgehead atoms. The van der Waals surface area contributed by atoms with Crippen molar-refractivity contribution in [2.75, 3.05) is 16.8 Å². The lowest BCUT2D eigenvalue weighted by molar-refractivity contribution is -0.122. The van der Waals surface area contributed by atoms with Gasteiger partial charge >= 0.3 is 0 Å². The van der Waals surface area contributed by atoms with Crippen molar-refractivity contribution >= 4 is 29.0 Å². The van der Waals surface area contributed by atoms with Gasteiger partial charge in [-0.25, -0.2) is 0 Å². The van der Waals surface area contributed by atoms with Gasteiger partial charge in [-0.15, -0.1) is 0 Å². The van der Waals surface area contributed by atoms with Gasteiger partial charge in [-0.1, -0.05) is 12.1 Å². The molecular weight excluding hydrogens is 328 g/mol.